The standard InChI is InChI=1S/C15H12ClFN2O/c16-10-4-5-15(20)12(7-10)14-8-13(18-19-14)9-2-1-3-11(17)6-9/h1,3-9,20H,2H2,(H,18,19). The zero-order chi connectivity index (χ0) is 14.1. The maximum absolute atomic E-state index is 13.2. The van der Waals surface area contributed by atoms with Gasteiger partial charge in [-0.2, -0.15) is 5.10 Å². The van der Waals surface area contributed by atoms with Gasteiger partial charge in [-0.25, -0.2) is 4.39 Å². The Morgan fingerprint density at radius 3 is 3.00 bits per heavy atom. The van der Waals surface area contributed by atoms with E-state index in [2.05, 4.69) is 10.2 Å². The molecule has 0 spiro atoms. The predicted octanol–water partition coefficient (Wildman–Crippen LogP) is 4.33. The first kappa shape index (κ1) is 12.9. The summed E-state index contributed by atoms with van der Waals surface area (Å²) in [6, 6.07) is 6.58. The minimum absolute atomic E-state index is 0.0671. The SMILES string of the molecule is Oc1ccc(Cl)cc1-c1cc(C2C=C(F)C=CC2)[nH]n1. The first-order valence-electron chi connectivity index (χ1n) is 6.21. The highest BCUT2D eigenvalue weighted by Crippen LogP contribution is 2.33. The number of phenols is 1. The molecule has 5 heteroatoms. The molecule has 0 amide bonds. The number of H-pyrrole nitrogens is 1. The van der Waals surface area contributed by atoms with E-state index in [0.29, 0.717) is 16.3 Å². The van der Waals surface area contributed by atoms with Gasteiger partial charge in [-0.15, -0.1) is 0 Å². The van der Waals surface area contributed by atoms with E-state index >= 15 is 0 Å². The van der Waals surface area contributed by atoms with Crippen LogP contribution in [0.15, 0.2) is 48.3 Å². The predicted molar refractivity (Wildman–Crippen MR) is 76.4 cm³/mol. The Morgan fingerprint density at radius 1 is 1.35 bits per heavy atom. The van der Waals surface area contributed by atoms with Crippen LogP contribution in [-0.4, -0.2) is 15.3 Å². The van der Waals surface area contributed by atoms with Gasteiger partial charge < -0.3 is 5.11 Å². The molecule has 1 aliphatic carbocycles. The Bertz CT molecular complexity index is 706. The van der Waals surface area contributed by atoms with E-state index in [9.17, 15) is 9.50 Å². The second-order valence-electron chi connectivity index (χ2n) is 4.67. The molecular weight excluding hydrogens is 279 g/mol. The number of aromatic nitrogens is 2. The van der Waals surface area contributed by atoms with Crippen LogP contribution in [0.4, 0.5) is 4.39 Å². The number of halogens is 2. The lowest BCUT2D eigenvalue weighted by Crippen LogP contribution is -1.98. The molecular formula is C15H12ClFN2O. The average Bonchev–Trinajstić information content (AvgIpc) is 2.91. The van der Waals surface area contributed by atoms with Crippen molar-refractivity contribution in [3.05, 3.63) is 59.0 Å². The molecule has 0 saturated heterocycles. The molecule has 0 aliphatic heterocycles. The van der Waals surface area contributed by atoms with Crippen LogP contribution in [0.2, 0.25) is 5.02 Å². The normalized spacial score (nSPS) is 18.1. The number of hydrogen-bond acceptors (Lipinski definition) is 2. The van der Waals surface area contributed by atoms with E-state index in [1.165, 1.54) is 12.1 Å². The van der Waals surface area contributed by atoms with Gasteiger partial charge in [0.2, 0.25) is 0 Å². The molecule has 102 valence electrons. The maximum Gasteiger partial charge on any atom is 0.125 e. The van der Waals surface area contributed by atoms with Gasteiger partial charge in [-0.3, -0.25) is 5.10 Å². The van der Waals surface area contributed by atoms with Gasteiger partial charge in [-0.1, -0.05) is 17.7 Å². The molecule has 1 aromatic heterocycles. The Hall–Kier alpha value is -2.07. The highest BCUT2D eigenvalue weighted by molar-refractivity contribution is 6.30. The number of phenolic OH excluding ortho intramolecular Hbond substituents is 1. The molecule has 1 heterocycles. The number of nitrogens with zero attached hydrogens (tertiary/aromatic N) is 1. The third-order valence-electron chi connectivity index (χ3n) is 3.26. The van der Waals surface area contributed by atoms with E-state index < -0.39 is 0 Å². The fourth-order valence-corrected chi connectivity index (χ4v) is 2.41. The van der Waals surface area contributed by atoms with E-state index in [-0.39, 0.29) is 17.5 Å². The lowest BCUT2D eigenvalue weighted by atomic mass is 9.96. The number of nitrogens with one attached hydrogen (secondary N) is 1. The Morgan fingerprint density at radius 2 is 2.20 bits per heavy atom. The van der Waals surface area contributed by atoms with Crippen molar-refractivity contribution < 1.29 is 9.50 Å². The lowest BCUT2D eigenvalue weighted by Gasteiger charge is -2.10. The highest BCUT2D eigenvalue weighted by Gasteiger charge is 2.16. The van der Waals surface area contributed by atoms with Crippen molar-refractivity contribution in [2.45, 2.75) is 12.3 Å². The molecule has 3 rings (SSSR count). The summed E-state index contributed by atoms with van der Waals surface area (Å²) in [5.41, 5.74) is 1.94. The molecule has 0 saturated carbocycles. The van der Waals surface area contributed by atoms with Crippen LogP contribution in [-0.2, 0) is 0 Å². The first-order chi connectivity index (χ1) is 9.63. The summed E-state index contributed by atoms with van der Waals surface area (Å²) in [6.07, 6.45) is 5.51. The molecule has 2 N–H and O–H groups in total. The summed E-state index contributed by atoms with van der Waals surface area (Å²) in [6.45, 7) is 0. The smallest absolute Gasteiger partial charge is 0.125 e. The van der Waals surface area contributed by atoms with E-state index in [1.807, 2.05) is 0 Å². The van der Waals surface area contributed by atoms with Crippen LogP contribution in [0, 0.1) is 0 Å². The largest absolute Gasteiger partial charge is 0.507 e. The number of aromatic amines is 1. The van der Waals surface area contributed by atoms with Gasteiger partial charge in [0.1, 0.15) is 11.6 Å². The van der Waals surface area contributed by atoms with Crippen molar-refractivity contribution in [3.63, 3.8) is 0 Å². The van der Waals surface area contributed by atoms with Gasteiger partial charge >= 0.3 is 0 Å². The van der Waals surface area contributed by atoms with Crippen molar-refractivity contribution in [1.29, 1.82) is 0 Å². The van der Waals surface area contributed by atoms with Gasteiger partial charge in [0, 0.05) is 22.2 Å². The van der Waals surface area contributed by atoms with E-state index in [1.54, 1.807) is 30.4 Å². The monoisotopic (exact) mass is 290 g/mol. The van der Waals surface area contributed by atoms with Crippen LogP contribution in [0.5, 0.6) is 5.75 Å². The molecule has 1 atom stereocenters. The molecule has 2 aromatic rings. The van der Waals surface area contributed by atoms with E-state index in [4.69, 9.17) is 11.6 Å². The Labute approximate surface area is 120 Å². The summed E-state index contributed by atoms with van der Waals surface area (Å²) < 4.78 is 13.2. The van der Waals surface area contributed by atoms with Crippen LogP contribution in [0.3, 0.4) is 0 Å². The highest BCUT2D eigenvalue weighted by atomic mass is 35.5. The summed E-state index contributed by atoms with van der Waals surface area (Å²) >= 11 is 5.92. The quantitative estimate of drug-likeness (QED) is 0.865. The molecule has 0 fully saturated rings. The van der Waals surface area contributed by atoms with Crippen LogP contribution < -0.4 is 0 Å². The maximum atomic E-state index is 13.2. The topological polar surface area (TPSA) is 48.9 Å². The number of allylic oxidation sites excluding steroid dienone is 4. The molecule has 1 unspecified atom stereocenters. The number of aromatic hydroxyl groups is 1. The fraction of sp³-hybridized carbons (Fsp3) is 0.133. The molecule has 3 nitrogen and oxygen atoms in total. The zero-order valence-electron chi connectivity index (χ0n) is 10.5. The van der Waals surface area contributed by atoms with Crippen LogP contribution in [0.25, 0.3) is 11.3 Å². The Balaban J connectivity index is 1.94. The molecule has 20 heavy (non-hydrogen) atoms. The van der Waals surface area contributed by atoms with Gasteiger partial charge in [0.05, 0.1) is 5.69 Å². The molecule has 0 radical (unpaired) electrons. The summed E-state index contributed by atoms with van der Waals surface area (Å²) in [5, 5.41) is 17.4. The second kappa shape index (κ2) is 5.13. The minimum atomic E-state index is -0.247. The van der Waals surface area contributed by atoms with Crippen molar-refractivity contribution in [2.75, 3.05) is 0 Å². The summed E-state index contributed by atoms with van der Waals surface area (Å²) in [5.74, 6) is -0.205. The first-order valence-corrected chi connectivity index (χ1v) is 6.59. The third-order valence-corrected chi connectivity index (χ3v) is 3.49. The van der Waals surface area contributed by atoms with Gasteiger partial charge in [0.25, 0.3) is 0 Å². The van der Waals surface area contributed by atoms with Crippen molar-refractivity contribution in [1.82, 2.24) is 10.2 Å². The van der Waals surface area contributed by atoms with Crippen molar-refractivity contribution in [2.24, 2.45) is 0 Å². The minimum Gasteiger partial charge on any atom is -0.507 e. The lowest BCUT2D eigenvalue weighted by molar-refractivity contribution is 0.477. The third kappa shape index (κ3) is 2.47. The molecule has 1 aliphatic rings. The zero-order valence-corrected chi connectivity index (χ0v) is 11.2. The van der Waals surface area contributed by atoms with Crippen molar-refractivity contribution in [3.8, 4) is 17.0 Å². The molecule has 0 bridgehead atoms. The van der Waals surface area contributed by atoms with Crippen LogP contribution >= 0.6 is 11.6 Å². The second-order valence-corrected chi connectivity index (χ2v) is 5.10. The number of hydrogen-bond donors (Lipinski definition) is 2. The fourth-order valence-electron chi connectivity index (χ4n) is 2.24. The number of benzene rings is 1. The average molecular weight is 291 g/mol. The van der Waals surface area contributed by atoms with Crippen molar-refractivity contribution >= 4 is 11.6 Å². The molecule has 1 aromatic carbocycles. The summed E-state index contributed by atoms with van der Waals surface area (Å²) in [4.78, 5) is 0. The number of rotatable bonds is 2. The summed E-state index contributed by atoms with van der Waals surface area (Å²) in [7, 11) is 0. The van der Waals surface area contributed by atoms with Gasteiger partial charge in [-0.05, 0) is 42.8 Å². The van der Waals surface area contributed by atoms with Gasteiger partial charge in [0.15, 0.2) is 0 Å². The van der Waals surface area contributed by atoms with E-state index in [0.717, 1.165) is 12.1 Å². The van der Waals surface area contributed by atoms with Crippen LogP contribution in [0.1, 0.15) is 18.0 Å². The Kier molecular flexibility index (Phi) is 3.32.